The van der Waals surface area contributed by atoms with E-state index in [-0.39, 0.29) is 24.0 Å². The number of pyridine rings is 1. The van der Waals surface area contributed by atoms with Gasteiger partial charge in [0.25, 0.3) is 0 Å². The number of aryl methyl sites for hydroxylation is 1. The average molecular weight is 423 g/mol. The van der Waals surface area contributed by atoms with E-state index in [1.54, 1.807) is 11.3 Å². The van der Waals surface area contributed by atoms with Crippen molar-refractivity contribution in [1.29, 1.82) is 0 Å². The van der Waals surface area contributed by atoms with Gasteiger partial charge in [0.2, 0.25) is 5.91 Å². The van der Waals surface area contributed by atoms with E-state index in [2.05, 4.69) is 38.8 Å². The first-order chi connectivity index (χ1) is 14.6. The van der Waals surface area contributed by atoms with Crippen molar-refractivity contribution in [3.8, 4) is 5.75 Å². The van der Waals surface area contributed by atoms with Crippen molar-refractivity contribution in [2.24, 2.45) is 5.92 Å². The summed E-state index contributed by atoms with van der Waals surface area (Å²) in [6.45, 7) is 6.57. The van der Waals surface area contributed by atoms with Gasteiger partial charge in [-0.25, -0.2) is 9.97 Å². The number of rotatable bonds is 4. The zero-order valence-electron chi connectivity index (χ0n) is 17.3. The minimum absolute atomic E-state index is 0.0714. The molecule has 0 bridgehead atoms. The summed E-state index contributed by atoms with van der Waals surface area (Å²) in [4.78, 5) is 26.3. The Labute approximate surface area is 180 Å². The van der Waals surface area contributed by atoms with Gasteiger partial charge in [-0.05, 0) is 50.5 Å². The molecule has 0 N–H and O–H groups in total. The van der Waals surface area contributed by atoms with Gasteiger partial charge in [-0.3, -0.25) is 4.79 Å². The predicted molar refractivity (Wildman–Crippen MR) is 119 cm³/mol. The van der Waals surface area contributed by atoms with Crippen molar-refractivity contribution in [3.05, 3.63) is 47.6 Å². The number of fused-ring (bicyclic) bond motifs is 1. The molecule has 7 heteroatoms. The number of anilines is 1. The van der Waals surface area contributed by atoms with E-state index >= 15 is 0 Å². The van der Waals surface area contributed by atoms with E-state index in [0.717, 1.165) is 59.8 Å². The molecule has 3 aromatic rings. The predicted octanol–water partition coefficient (Wildman–Crippen LogP) is 3.89. The molecule has 5 rings (SSSR count). The minimum atomic E-state index is 0.0714. The Bertz CT molecular complexity index is 1040. The monoisotopic (exact) mass is 422 g/mol. The first kappa shape index (κ1) is 19.3. The third kappa shape index (κ3) is 3.62. The topological polar surface area (TPSA) is 58.6 Å². The maximum absolute atomic E-state index is 13.1. The second-order valence-electron chi connectivity index (χ2n) is 8.39. The van der Waals surface area contributed by atoms with Crippen LogP contribution in [0.1, 0.15) is 25.3 Å². The van der Waals surface area contributed by atoms with Crippen molar-refractivity contribution in [2.75, 3.05) is 24.5 Å². The summed E-state index contributed by atoms with van der Waals surface area (Å²) in [5, 5.41) is 0. The number of carbonyl (C=O) groups is 1. The van der Waals surface area contributed by atoms with Gasteiger partial charge >= 0.3 is 0 Å². The van der Waals surface area contributed by atoms with Gasteiger partial charge in [-0.2, -0.15) is 0 Å². The molecule has 1 aromatic carbocycles. The summed E-state index contributed by atoms with van der Waals surface area (Å²) in [7, 11) is 0. The molecule has 1 aliphatic carbocycles. The van der Waals surface area contributed by atoms with Gasteiger partial charge in [0.05, 0.1) is 15.7 Å². The number of nitrogens with zero attached hydrogens (tertiary/aromatic N) is 4. The smallest absolute Gasteiger partial charge is 0.226 e. The zero-order chi connectivity index (χ0) is 20.7. The van der Waals surface area contributed by atoms with Crippen LogP contribution in [0, 0.1) is 12.8 Å². The molecule has 156 valence electrons. The highest BCUT2D eigenvalue weighted by Gasteiger charge is 2.40. The van der Waals surface area contributed by atoms with Gasteiger partial charge in [-0.1, -0.05) is 12.1 Å². The average Bonchev–Trinajstić information content (AvgIpc) is 3.20. The standard InChI is InChI=1S/C23H26N4O2S/c1-15-6-7-21(24-12-15)26-8-9-27(16(2)13-26)23(28)17-10-18(11-17)29-20-5-3-4-19-22(20)30-14-25-19/h3-7,12,14,16-18H,8-11,13H2,1-2H3. The molecule has 1 amide bonds. The lowest BCUT2D eigenvalue weighted by Crippen LogP contribution is -2.57. The van der Waals surface area contributed by atoms with Crippen LogP contribution in [0.15, 0.2) is 42.0 Å². The Balaban J connectivity index is 1.16. The Morgan fingerprint density at radius 1 is 1.17 bits per heavy atom. The molecular weight excluding hydrogens is 396 g/mol. The first-order valence-electron chi connectivity index (χ1n) is 10.6. The number of aromatic nitrogens is 2. The fourth-order valence-corrected chi connectivity index (χ4v) is 5.12. The minimum Gasteiger partial charge on any atom is -0.489 e. The third-order valence-corrected chi connectivity index (χ3v) is 7.05. The lowest BCUT2D eigenvalue weighted by molar-refractivity contribution is -0.144. The molecule has 0 spiro atoms. The van der Waals surface area contributed by atoms with Crippen LogP contribution in [0.2, 0.25) is 0 Å². The number of benzene rings is 1. The maximum Gasteiger partial charge on any atom is 0.226 e. The Kier molecular flexibility index (Phi) is 5.06. The van der Waals surface area contributed by atoms with Gasteiger partial charge in [0, 0.05) is 37.8 Å². The number of piperazine rings is 1. The Morgan fingerprint density at radius 2 is 2.03 bits per heavy atom. The number of ether oxygens (including phenoxy) is 1. The van der Waals surface area contributed by atoms with Gasteiger partial charge < -0.3 is 14.5 Å². The van der Waals surface area contributed by atoms with E-state index in [1.165, 1.54) is 0 Å². The summed E-state index contributed by atoms with van der Waals surface area (Å²) in [5.74, 6) is 2.23. The molecule has 2 fully saturated rings. The Hall–Kier alpha value is -2.67. The SMILES string of the molecule is Cc1ccc(N2CCN(C(=O)C3CC(Oc4cccc5ncsc45)C3)C(C)C2)nc1. The van der Waals surface area contributed by atoms with E-state index in [4.69, 9.17) is 4.74 Å². The van der Waals surface area contributed by atoms with Crippen LogP contribution >= 0.6 is 11.3 Å². The molecule has 2 aliphatic rings. The van der Waals surface area contributed by atoms with Crippen molar-refractivity contribution >= 4 is 33.3 Å². The second kappa shape index (κ2) is 7.87. The molecule has 1 saturated carbocycles. The van der Waals surface area contributed by atoms with E-state index in [1.807, 2.05) is 36.8 Å². The zero-order valence-corrected chi connectivity index (χ0v) is 18.1. The van der Waals surface area contributed by atoms with E-state index < -0.39 is 0 Å². The quantitative estimate of drug-likeness (QED) is 0.638. The summed E-state index contributed by atoms with van der Waals surface area (Å²) >= 11 is 1.60. The number of hydrogen-bond acceptors (Lipinski definition) is 6. The fourth-order valence-electron chi connectivity index (χ4n) is 4.37. The fraction of sp³-hybridized carbons (Fsp3) is 0.435. The maximum atomic E-state index is 13.1. The molecule has 1 saturated heterocycles. The van der Waals surface area contributed by atoms with Crippen LogP contribution in [0.25, 0.3) is 10.2 Å². The second-order valence-corrected chi connectivity index (χ2v) is 9.24. The van der Waals surface area contributed by atoms with E-state index in [0.29, 0.717) is 0 Å². The van der Waals surface area contributed by atoms with Crippen molar-refractivity contribution in [3.63, 3.8) is 0 Å². The largest absolute Gasteiger partial charge is 0.489 e. The number of thiazole rings is 1. The highest BCUT2D eigenvalue weighted by Crippen LogP contribution is 2.37. The molecule has 2 aromatic heterocycles. The van der Waals surface area contributed by atoms with Crippen LogP contribution in [0.5, 0.6) is 5.75 Å². The van der Waals surface area contributed by atoms with E-state index in [9.17, 15) is 4.79 Å². The van der Waals surface area contributed by atoms with Crippen molar-refractivity contribution in [2.45, 2.75) is 38.8 Å². The van der Waals surface area contributed by atoms with Crippen LogP contribution in [-0.4, -0.2) is 52.6 Å². The highest BCUT2D eigenvalue weighted by molar-refractivity contribution is 7.17. The molecule has 1 aliphatic heterocycles. The summed E-state index contributed by atoms with van der Waals surface area (Å²) in [6, 6.07) is 10.3. The number of hydrogen-bond donors (Lipinski definition) is 0. The lowest BCUT2D eigenvalue weighted by Gasteiger charge is -2.44. The molecular formula is C23H26N4O2S. The van der Waals surface area contributed by atoms with Crippen LogP contribution in [-0.2, 0) is 4.79 Å². The Morgan fingerprint density at radius 3 is 2.80 bits per heavy atom. The van der Waals surface area contributed by atoms with Crippen molar-refractivity contribution in [1.82, 2.24) is 14.9 Å². The molecule has 1 unspecified atom stereocenters. The van der Waals surface area contributed by atoms with Crippen LogP contribution in [0.4, 0.5) is 5.82 Å². The number of amides is 1. The molecule has 6 nitrogen and oxygen atoms in total. The van der Waals surface area contributed by atoms with Crippen LogP contribution < -0.4 is 9.64 Å². The molecule has 3 heterocycles. The normalized spacial score (nSPS) is 24.0. The summed E-state index contributed by atoms with van der Waals surface area (Å²) in [6.07, 6.45) is 3.60. The lowest BCUT2D eigenvalue weighted by atomic mass is 9.80. The first-order valence-corrected chi connectivity index (χ1v) is 11.4. The third-order valence-electron chi connectivity index (χ3n) is 6.19. The molecule has 0 radical (unpaired) electrons. The van der Waals surface area contributed by atoms with Gasteiger partial charge in [0.1, 0.15) is 17.7 Å². The highest BCUT2D eigenvalue weighted by atomic mass is 32.1. The van der Waals surface area contributed by atoms with Gasteiger partial charge in [-0.15, -0.1) is 11.3 Å². The number of carbonyl (C=O) groups excluding carboxylic acids is 1. The summed E-state index contributed by atoms with van der Waals surface area (Å²) in [5.41, 5.74) is 3.98. The molecule has 1 atom stereocenters. The van der Waals surface area contributed by atoms with Crippen LogP contribution in [0.3, 0.4) is 0 Å². The molecule has 30 heavy (non-hydrogen) atoms. The summed E-state index contributed by atoms with van der Waals surface area (Å²) < 4.78 is 7.27. The van der Waals surface area contributed by atoms with Crippen molar-refractivity contribution < 1.29 is 9.53 Å². The van der Waals surface area contributed by atoms with Gasteiger partial charge in [0.15, 0.2) is 0 Å².